The summed E-state index contributed by atoms with van der Waals surface area (Å²) in [5.74, 6) is -1.70. The Hall–Kier alpha value is -0.820. The molecule has 2 atom stereocenters. The summed E-state index contributed by atoms with van der Waals surface area (Å²) >= 11 is 0. The standard InChI is InChI=1S/C14H24F2O4S/c1-6-7-8-21(4,5)12(16)11(15)9-18-14(3)10(2)19-13(17)20-14/h10H,6-9H2,1-5H3/b12-11-. The second-order valence-electron chi connectivity index (χ2n) is 5.69. The summed E-state index contributed by atoms with van der Waals surface area (Å²) < 4.78 is 43.0. The number of hydrogen-bond donors (Lipinski definition) is 0. The lowest BCUT2D eigenvalue weighted by Gasteiger charge is -2.30. The van der Waals surface area contributed by atoms with Crippen LogP contribution in [-0.2, 0) is 14.2 Å². The Morgan fingerprint density at radius 2 is 2.05 bits per heavy atom. The molecule has 0 spiro atoms. The van der Waals surface area contributed by atoms with Crippen molar-refractivity contribution in [2.75, 3.05) is 24.9 Å². The van der Waals surface area contributed by atoms with Crippen molar-refractivity contribution in [1.82, 2.24) is 0 Å². The number of cyclic esters (lactones) is 2. The van der Waals surface area contributed by atoms with Gasteiger partial charge in [0.15, 0.2) is 17.1 Å². The number of ether oxygens (including phenoxy) is 3. The van der Waals surface area contributed by atoms with Crippen LogP contribution in [0.15, 0.2) is 11.0 Å². The van der Waals surface area contributed by atoms with Gasteiger partial charge >= 0.3 is 6.16 Å². The largest absolute Gasteiger partial charge is 0.511 e. The summed E-state index contributed by atoms with van der Waals surface area (Å²) in [5.41, 5.74) is 0. The van der Waals surface area contributed by atoms with Crippen LogP contribution in [-0.4, -0.2) is 42.9 Å². The molecule has 0 aliphatic carbocycles. The zero-order chi connectivity index (χ0) is 16.3. The molecule has 1 aliphatic rings. The van der Waals surface area contributed by atoms with E-state index in [1.54, 1.807) is 19.4 Å². The van der Waals surface area contributed by atoms with Crippen molar-refractivity contribution < 1.29 is 27.8 Å². The minimum atomic E-state index is -1.79. The fourth-order valence-corrected chi connectivity index (χ4v) is 3.68. The van der Waals surface area contributed by atoms with Gasteiger partial charge in [0, 0.05) is 6.92 Å². The molecule has 1 aliphatic heterocycles. The van der Waals surface area contributed by atoms with Gasteiger partial charge in [0.1, 0.15) is 6.61 Å². The van der Waals surface area contributed by atoms with Gasteiger partial charge in [0.05, 0.1) is 0 Å². The molecule has 4 nitrogen and oxygen atoms in total. The van der Waals surface area contributed by atoms with Gasteiger partial charge in [-0.05, 0) is 31.6 Å². The van der Waals surface area contributed by atoms with E-state index in [4.69, 9.17) is 14.2 Å². The van der Waals surface area contributed by atoms with Gasteiger partial charge in [-0.1, -0.05) is 13.3 Å². The highest BCUT2D eigenvalue weighted by molar-refractivity contribution is 8.35. The van der Waals surface area contributed by atoms with Crippen LogP contribution in [0.3, 0.4) is 0 Å². The molecule has 0 aromatic carbocycles. The SMILES string of the molecule is CCCCS(C)(C)/C(F)=C(\F)COC1(C)OC(=O)OC1C. The lowest BCUT2D eigenvalue weighted by molar-refractivity contribution is -0.183. The number of halogens is 2. The molecule has 0 N–H and O–H groups in total. The minimum Gasteiger partial charge on any atom is -0.424 e. The first-order valence-electron chi connectivity index (χ1n) is 6.91. The summed E-state index contributed by atoms with van der Waals surface area (Å²) in [5, 5.41) is -0.738. The third kappa shape index (κ3) is 4.57. The lowest BCUT2D eigenvalue weighted by Crippen LogP contribution is -2.38. The maximum absolute atomic E-state index is 14.2. The topological polar surface area (TPSA) is 44.8 Å². The molecule has 21 heavy (non-hydrogen) atoms. The molecule has 124 valence electrons. The fraction of sp³-hybridized carbons (Fsp3) is 0.786. The third-order valence-electron chi connectivity index (χ3n) is 3.49. The van der Waals surface area contributed by atoms with Gasteiger partial charge in [0.2, 0.25) is 0 Å². The van der Waals surface area contributed by atoms with Crippen LogP contribution in [0.25, 0.3) is 0 Å². The van der Waals surface area contributed by atoms with Crippen LogP contribution in [0.5, 0.6) is 0 Å². The molecule has 1 saturated heterocycles. The number of unbranched alkanes of at least 4 members (excludes halogenated alkanes) is 1. The van der Waals surface area contributed by atoms with Crippen molar-refractivity contribution >= 4 is 16.2 Å². The first kappa shape index (κ1) is 18.2. The highest BCUT2D eigenvalue weighted by atomic mass is 32.3. The van der Waals surface area contributed by atoms with E-state index >= 15 is 0 Å². The van der Waals surface area contributed by atoms with E-state index < -0.39 is 45.7 Å². The van der Waals surface area contributed by atoms with Gasteiger partial charge in [-0.25, -0.2) is 9.18 Å². The molecule has 2 unspecified atom stereocenters. The average Bonchev–Trinajstić information content (AvgIpc) is 2.66. The Bertz CT molecular complexity index is 425. The van der Waals surface area contributed by atoms with Crippen molar-refractivity contribution in [1.29, 1.82) is 0 Å². The minimum absolute atomic E-state index is 0.578. The zero-order valence-electron chi connectivity index (χ0n) is 13.2. The molecule has 1 rings (SSSR count). The maximum Gasteiger partial charge on any atom is 0.511 e. The molecular weight excluding hydrogens is 302 g/mol. The normalized spacial score (nSPS) is 28.0. The lowest BCUT2D eigenvalue weighted by atomic mass is 10.2. The van der Waals surface area contributed by atoms with Gasteiger partial charge in [0.25, 0.3) is 5.79 Å². The summed E-state index contributed by atoms with van der Waals surface area (Å²) in [6, 6.07) is 0. The quantitative estimate of drug-likeness (QED) is 0.656. The number of carbonyl (C=O) groups is 1. The highest BCUT2D eigenvalue weighted by Gasteiger charge is 2.46. The fourth-order valence-electron chi connectivity index (χ4n) is 1.83. The van der Waals surface area contributed by atoms with Gasteiger partial charge in [-0.2, -0.15) is 14.4 Å². The number of rotatable bonds is 7. The van der Waals surface area contributed by atoms with E-state index in [0.717, 1.165) is 12.8 Å². The van der Waals surface area contributed by atoms with Crippen molar-refractivity contribution in [3.63, 3.8) is 0 Å². The molecule has 0 amide bonds. The van der Waals surface area contributed by atoms with Crippen LogP contribution in [0, 0.1) is 0 Å². The average molecular weight is 326 g/mol. The van der Waals surface area contributed by atoms with E-state index in [9.17, 15) is 13.6 Å². The van der Waals surface area contributed by atoms with E-state index in [2.05, 4.69) is 0 Å². The predicted molar refractivity (Wildman–Crippen MR) is 79.8 cm³/mol. The van der Waals surface area contributed by atoms with Crippen LogP contribution in [0.1, 0.15) is 33.6 Å². The van der Waals surface area contributed by atoms with Crippen molar-refractivity contribution in [2.24, 2.45) is 0 Å². The molecular formula is C14H24F2O4S. The van der Waals surface area contributed by atoms with Gasteiger partial charge in [-0.3, -0.25) is 0 Å². The predicted octanol–water partition coefficient (Wildman–Crippen LogP) is 4.25. The van der Waals surface area contributed by atoms with Gasteiger partial charge in [-0.15, -0.1) is 0 Å². The second-order valence-corrected chi connectivity index (χ2v) is 9.53. The Balaban J connectivity index is 2.69. The summed E-state index contributed by atoms with van der Waals surface area (Å²) in [6.45, 7) is 4.46. The highest BCUT2D eigenvalue weighted by Crippen LogP contribution is 2.51. The van der Waals surface area contributed by atoms with E-state index in [-0.39, 0.29) is 0 Å². The molecule has 1 fully saturated rings. The zero-order valence-corrected chi connectivity index (χ0v) is 14.0. The smallest absolute Gasteiger partial charge is 0.424 e. The molecule has 0 bridgehead atoms. The van der Waals surface area contributed by atoms with E-state index in [1.807, 2.05) is 6.92 Å². The molecule has 0 aromatic rings. The Kier molecular flexibility index (Phi) is 6.04. The van der Waals surface area contributed by atoms with Crippen molar-refractivity contribution in [2.45, 2.75) is 45.5 Å². The van der Waals surface area contributed by atoms with Crippen LogP contribution < -0.4 is 0 Å². The van der Waals surface area contributed by atoms with Crippen molar-refractivity contribution in [3.8, 4) is 0 Å². The monoisotopic (exact) mass is 326 g/mol. The molecule has 7 heteroatoms. The first-order valence-corrected chi connectivity index (χ1v) is 9.53. The Labute approximate surface area is 126 Å². The number of hydrogen-bond acceptors (Lipinski definition) is 4. The number of carbonyl (C=O) groups excluding carboxylic acids is 1. The summed E-state index contributed by atoms with van der Waals surface area (Å²) in [7, 11) is -1.79. The first-order chi connectivity index (χ1) is 9.62. The van der Waals surface area contributed by atoms with E-state index in [1.165, 1.54) is 6.92 Å². The molecule has 0 aromatic heterocycles. The summed E-state index contributed by atoms with van der Waals surface area (Å²) in [4.78, 5) is 11.0. The summed E-state index contributed by atoms with van der Waals surface area (Å²) in [6.07, 6.45) is 3.71. The second kappa shape index (κ2) is 6.96. The Morgan fingerprint density at radius 3 is 2.52 bits per heavy atom. The molecule has 1 heterocycles. The van der Waals surface area contributed by atoms with Crippen LogP contribution in [0.2, 0.25) is 0 Å². The van der Waals surface area contributed by atoms with Crippen LogP contribution >= 0.6 is 10.0 Å². The van der Waals surface area contributed by atoms with Crippen molar-refractivity contribution in [3.05, 3.63) is 11.0 Å². The molecule has 0 radical (unpaired) electrons. The third-order valence-corrected chi connectivity index (χ3v) is 5.99. The molecule has 0 saturated carbocycles. The van der Waals surface area contributed by atoms with Crippen LogP contribution in [0.4, 0.5) is 13.6 Å². The van der Waals surface area contributed by atoms with E-state index in [0.29, 0.717) is 5.75 Å². The maximum atomic E-state index is 14.2. The van der Waals surface area contributed by atoms with Gasteiger partial charge < -0.3 is 14.2 Å². The Morgan fingerprint density at radius 1 is 1.43 bits per heavy atom.